The lowest BCUT2D eigenvalue weighted by atomic mass is 10.1. The number of anilines is 1. The minimum absolute atomic E-state index is 0.272. The van der Waals surface area contributed by atoms with E-state index in [1.54, 1.807) is 30.3 Å². The quantitative estimate of drug-likeness (QED) is 0.927. The molecule has 0 radical (unpaired) electrons. The molecule has 0 spiro atoms. The largest absolute Gasteiger partial charge is 0.380 e. The maximum absolute atomic E-state index is 13.6. The molecule has 0 saturated carbocycles. The number of rotatable bonds is 3. The molecule has 0 aliphatic heterocycles. The highest BCUT2D eigenvalue weighted by molar-refractivity contribution is 9.10. The van der Waals surface area contributed by atoms with Crippen molar-refractivity contribution < 1.29 is 4.39 Å². The zero-order valence-electron chi connectivity index (χ0n) is 9.45. The molecule has 2 aromatic rings. The summed E-state index contributed by atoms with van der Waals surface area (Å²) in [5, 5.41) is 12.0. The third kappa shape index (κ3) is 2.88. The third-order valence-corrected chi connectivity index (χ3v) is 3.03. The minimum Gasteiger partial charge on any atom is -0.380 e. The number of benzene rings is 2. The summed E-state index contributed by atoms with van der Waals surface area (Å²) in [6.45, 7) is 0.345. The first-order valence-electron chi connectivity index (χ1n) is 5.37. The van der Waals surface area contributed by atoms with E-state index in [1.165, 1.54) is 6.07 Å². The summed E-state index contributed by atoms with van der Waals surface area (Å²) in [6, 6.07) is 14.2. The van der Waals surface area contributed by atoms with Crippen LogP contribution in [0.25, 0.3) is 0 Å². The molecule has 1 N–H and O–H groups in total. The van der Waals surface area contributed by atoms with Gasteiger partial charge in [0.2, 0.25) is 0 Å². The van der Waals surface area contributed by atoms with Crippen LogP contribution in [0.5, 0.6) is 0 Å². The second-order valence-corrected chi connectivity index (χ2v) is 4.66. The highest BCUT2D eigenvalue weighted by Gasteiger charge is 2.04. The first kappa shape index (κ1) is 12.6. The predicted molar refractivity (Wildman–Crippen MR) is 72.6 cm³/mol. The van der Waals surface area contributed by atoms with E-state index in [1.807, 2.05) is 6.07 Å². The van der Waals surface area contributed by atoms with Gasteiger partial charge in [-0.2, -0.15) is 5.26 Å². The average Bonchev–Trinajstić information content (AvgIpc) is 2.38. The lowest BCUT2D eigenvalue weighted by molar-refractivity contribution is 0.612. The number of hydrogen-bond donors (Lipinski definition) is 1. The zero-order valence-corrected chi connectivity index (χ0v) is 11.0. The average molecular weight is 305 g/mol. The Morgan fingerprint density at radius 3 is 2.72 bits per heavy atom. The molecule has 2 aromatic carbocycles. The molecule has 0 aliphatic rings. The van der Waals surface area contributed by atoms with Gasteiger partial charge >= 0.3 is 0 Å². The molecule has 4 heteroatoms. The van der Waals surface area contributed by atoms with Crippen LogP contribution in [0.3, 0.4) is 0 Å². The van der Waals surface area contributed by atoms with Crippen LogP contribution in [0.2, 0.25) is 0 Å². The van der Waals surface area contributed by atoms with Crippen LogP contribution in [0.1, 0.15) is 11.1 Å². The number of halogens is 2. The van der Waals surface area contributed by atoms with Gasteiger partial charge in [0.1, 0.15) is 11.9 Å². The summed E-state index contributed by atoms with van der Waals surface area (Å²) in [5.74, 6) is -0.272. The summed E-state index contributed by atoms with van der Waals surface area (Å²) in [6.07, 6.45) is 0. The molecular formula is C14H10BrFN2. The van der Waals surface area contributed by atoms with E-state index in [0.717, 1.165) is 0 Å². The first-order chi connectivity index (χ1) is 8.70. The van der Waals surface area contributed by atoms with Gasteiger partial charge in [-0.05, 0) is 24.3 Å². The van der Waals surface area contributed by atoms with Crippen molar-refractivity contribution in [3.05, 3.63) is 63.9 Å². The van der Waals surface area contributed by atoms with Gasteiger partial charge in [0.25, 0.3) is 0 Å². The topological polar surface area (TPSA) is 35.8 Å². The van der Waals surface area contributed by atoms with Gasteiger partial charge in [0, 0.05) is 16.6 Å². The maximum atomic E-state index is 13.6. The van der Waals surface area contributed by atoms with Crippen LogP contribution in [-0.4, -0.2) is 0 Å². The Bertz CT molecular complexity index is 605. The number of nitrogens with one attached hydrogen (secondary N) is 1. The summed E-state index contributed by atoms with van der Waals surface area (Å²) in [4.78, 5) is 0. The Kier molecular flexibility index (Phi) is 3.96. The first-order valence-corrected chi connectivity index (χ1v) is 6.17. The summed E-state index contributed by atoms with van der Waals surface area (Å²) in [7, 11) is 0. The monoisotopic (exact) mass is 304 g/mol. The van der Waals surface area contributed by atoms with Gasteiger partial charge in [-0.25, -0.2) is 4.39 Å². The second kappa shape index (κ2) is 5.65. The zero-order chi connectivity index (χ0) is 13.0. The number of nitrogens with zero attached hydrogens (tertiary/aromatic N) is 1. The highest BCUT2D eigenvalue weighted by atomic mass is 79.9. The van der Waals surface area contributed by atoms with Gasteiger partial charge in [-0.3, -0.25) is 0 Å². The van der Waals surface area contributed by atoms with Crippen molar-refractivity contribution in [2.45, 2.75) is 6.54 Å². The van der Waals surface area contributed by atoms with Crippen LogP contribution < -0.4 is 5.32 Å². The Balaban J connectivity index is 2.14. The van der Waals surface area contributed by atoms with E-state index >= 15 is 0 Å². The number of hydrogen-bond acceptors (Lipinski definition) is 2. The lowest BCUT2D eigenvalue weighted by Gasteiger charge is -2.09. The van der Waals surface area contributed by atoms with Crippen molar-refractivity contribution in [2.75, 3.05) is 5.32 Å². The third-order valence-electron chi connectivity index (χ3n) is 2.53. The van der Waals surface area contributed by atoms with Crippen molar-refractivity contribution in [3.63, 3.8) is 0 Å². The van der Waals surface area contributed by atoms with Crippen LogP contribution in [0.15, 0.2) is 46.9 Å². The smallest absolute Gasteiger partial charge is 0.129 e. The van der Waals surface area contributed by atoms with Crippen LogP contribution >= 0.6 is 15.9 Å². The van der Waals surface area contributed by atoms with Crippen molar-refractivity contribution >= 4 is 21.6 Å². The fraction of sp³-hybridized carbons (Fsp3) is 0.0714. The minimum atomic E-state index is -0.272. The van der Waals surface area contributed by atoms with Crippen LogP contribution in [0, 0.1) is 17.1 Å². The van der Waals surface area contributed by atoms with E-state index in [4.69, 9.17) is 5.26 Å². The van der Waals surface area contributed by atoms with E-state index in [2.05, 4.69) is 27.3 Å². The molecule has 0 saturated heterocycles. The Labute approximate surface area is 113 Å². The van der Waals surface area contributed by atoms with E-state index < -0.39 is 0 Å². The molecule has 0 bridgehead atoms. The lowest BCUT2D eigenvalue weighted by Crippen LogP contribution is -2.03. The molecule has 0 atom stereocenters. The van der Waals surface area contributed by atoms with E-state index in [9.17, 15) is 4.39 Å². The van der Waals surface area contributed by atoms with Crippen molar-refractivity contribution in [2.24, 2.45) is 0 Å². The fourth-order valence-electron chi connectivity index (χ4n) is 1.59. The molecule has 0 aliphatic carbocycles. The molecule has 2 nitrogen and oxygen atoms in total. The SMILES string of the molecule is N#Cc1ccccc1NCc1ccc(Br)cc1F. The Morgan fingerprint density at radius 2 is 2.00 bits per heavy atom. The van der Waals surface area contributed by atoms with E-state index in [0.29, 0.717) is 27.8 Å². The fourth-order valence-corrected chi connectivity index (χ4v) is 1.92. The normalized spacial score (nSPS) is 9.83. The molecule has 0 unspecified atom stereocenters. The highest BCUT2D eigenvalue weighted by Crippen LogP contribution is 2.18. The molecule has 0 amide bonds. The van der Waals surface area contributed by atoms with Gasteiger partial charge in [-0.1, -0.05) is 34.1 Å². The second-order valence-electron chi connectivity index (χ2n) is 3.75. The van der Waals surface area contributed by atoms with Crippen molar-refractivity contribution in [3.8, 4) is 6.07 Å². The summed E-state index contributed by atoms with van der Waals surface area (Å²) in [5.41, 5.74) is 1.82. The number of para-hydroxylation sites is 1. The van der Waals surface area contributed by atoms with Gasteiger partial charge in [-0.15, -0.1) is 0 Å². The molecule has 0 fully saturated rings. The van der Waals surface area contributed by atoms with Crippen molar-refractivity contribution in [1.82, 2.24) is 0 Å². The molecule has 0 heterocycles. The molecule has 0 aromatic heterocycles. The van der Waals surface area contributed by atoms with Gasteiger partial charge in [0.15, 0.2) is 0 Å². The molecular weight excluding hydrogens is 295 g/mol. The Morgan fingerprint density at radius 1 is 1.22 bits per heavy atom. The Hall–Kier alpha value is -1.86. The predicted octanol–water partition coefficient (Wildman–Crippen LogP) is 4.07. The van der Waals surface area contributed by atoms with Crippen LogP contribution in [-0.2, 0) is 6.54 Å². The standard InChI is InChI=1S/C14H10BrFN2/c15-12-6-5-11(13(16)7-12)9-18-14-4-2-1-3-10(14)8-17/h1-7,18H,9H2. The van der Waals surface area contributed by atoms with Crippen molar-refractivity contribution in [1.29, 1.82) is 5.26 Å². The number of nitriles is 1. The van der Waals surface area contributed by atoms with Gasteiger partial charge < -0.3 is 5.32 Å². The van der Waals surface area contributed by atoms with Gasteiger partial charge in [0.05, 0.1) is 11.3 Å². The van der Waals surface area contributed by atoms with E-state index in [-0.39, 0.29) is 5.82 Å². The summed E-state index contributed by atoms with van der Waals surface area (Å²) >= 11 is 3.21. The maximum Gasteiger partial charge on any atom is 0.129 e. The molecule has 18 heavy (non-hydrogen) atoms. The van der Waals surface area contributed by atoms with Crippen LogP contribution in [0.4, 0.5) is 10.1 Å². The molecule has 2 rings (SSSR count). The summed E-state index contributed by atoms with van der Waals surface area (Å²) < 4.78 is 14.3. The molecule has 90 valence electrons.